The molecule has 19 heavy (non-hydrogen) atoms. The van der Waals surface area contributed by atoms with Gasteiger partial charge in [0.05, 0.1) is 11.1 Å². The van der Waals surface area contributed by atoms with Crippen molar-refractivity contribution in [2.24, 2.45) is 5.73 Å². The lowest BCUT2D eigenvalue weighted by atomic mass is 9.97. The zero-order chi connectivity index (χ0) is 13.8. The Morgan fingerprint density at radius 2 is 2.26 bits per heavy atom. The normalized spacial score (nSPS) is 21.4. The van der Waals surface area contributed by atoms with Gasteiger partial charge < -0.3 is 10.5 Å². The van der Waals surface area contributed by atoms with Crippen molar-refractivity contribution in [3.63, 3.8) is 0 Å². The summed E-state index contributed by atoms with van der Waals surface area (Å²) in [5, 5.41) is 0.0990. The van der Waals surface area contributed by atoms with Gasteiger partial charge in [-0.1, -0.05) is 17.7 Å². The Kier molecular flexibility index (Phi) is 5.63. The van der Waals surface area contributed by atoms with Crippen LogP contribution >= 0.6 is 27.5 Å². The molecular weight excluding hydrogens is 333 g/mol. The molecule has 2 rings (SSSR count). The van der Waals surface area contributed by atoms with Crippen LogP contribution in [0.15, 0.2) is 16.6 Å². The molecule has 0 aliphatic carbocycles. The van der Waals surface area contributed by atoms with Gasteiger partial charge in [0.15, 0.2) is 0 Å². The molecule has 2 N–H and O–H groups in total. The maximum atomic E-state index is 14.0. The highest BCUT2D eigenvalue weighted by molar-refractivity contribution is 9.10. The fourth-order valence-corrected chi connectivity index (χ4v) is 2.86. The minimum atomic E-state index is -0.423. The van der Waals surface area contributed by atoms with Gasteiger partial charge in [-0.05, 0) is 54.1 Å². The average Bonchev–Trinajstić information content (AvgIpc) is 2.43. The van der Waals surface area contributed by atoms with Gasteiger partial charge in [0.1, 0.15) is 5.82 Å². The molecular formula is C14H18BrClFNO. The van der Waals surface area contributed by atoms with Crippen molar-refractivity contribution < 1.29 is 9.13 Å². The molecule has 1 aliphatic heterocycles. The molecule has 0 spiro atoms. The van der Waals surface area contributed by atoms with E-state index in [0.717, 1.165) is 25.9 Å². The van der Waals surface area contributed by atoms with E-state index in [1.54, 1.807) is 12.1 Å². The van der Waals surface area contributed by atoms with Crippen molar-refractivity contribution in [2.45, 2.75) is 44.2 Å². The lowest BCUT2D eigenvalue weighted by molar-refractivity contribution is 0.00908. The maximum absolute atomic E-state index is 14.0. The second-order valence-electron chi connectivity index (χ2n) is 4.94. The largest absolute Gasteiger partial charge is 0.378 e. The summed E-state index contributed by atoms with van der Waals surface area (Å²) in [4.78, 5) is 0. The molecule has 1 saturated heterocycles. The van der Waals surface area contributed by atoms with Crippen LogP contribution in [0.2, 0.25) is 5.02 Å². The molecule has 1 heterocycles. The number of benzene rings is 1. The Morgan fingerprint density at radius 3 is 2.95 bits per heavy atom. The third kappa shape index (κ3) is 3.91. The molecule has 0 aromatic heterocycles. The maximum Gasteiger partial charge on any atom is 0.147 e. The SMILES string of the molecule is NC(CCC1CCCCO1)c1ccc(Br)c(Cl)c1F. The topological polar surface area (TPSA) is 35.2 Å². The van der Waals surface area contributed by atoms with Gasteiger partial charge in [0.25, 0.3) is 0 Å². The molecule has 1 aromatic rings. The van der Waals surface area contributed by atoms with Crippen LogP contribution < -0.4 is 5.73 Å². The summed E-state index contributed by atoms with van der Waals surface area (Å²) in [6, 6.07) is 3.09. The van der Waals surface area contributed by atoms with E-state index in [2.05, 4.69) is 15.9 Å². The molecule has 0 bridgehead atoms. The summed E-state index contributed by atoms with van der Waals surface area (Å²) in [7, 11) is 0. The van der Waals surface area contributed by atoms with E-state index < -0.39 is 5.82 Å². The van der Waals surface area contributed by atoms with E-state index >= 15 is 0 Å². The smallest absolute Gasteiger partial charge is 0.147 e. The van der Waals surface area contributed by atoms with Crippen LogP contribution in [-0.4, -0.2) is 12.7 Å². The Bertz CT molecular complexity index is 438. The molecule has 1 fully saturated rings. The van der Waals surface area contributed by atoms with Crippen molar-refractivity contribution in [1.29, 1.82) is 0 Å². The Morgan fingerprint density at radius 1 is 1.47 bits per heavy atom. The number of halogens is 3. The van der Waals surface area contributed by atoms with Crippen LogP contribution in [0.5, 0.6) is 0 Å². The van der Waals surface area contributed by atoms with Gasteiger partial charge in [-0.2, -0.15) is 0 Å². The van der Waals surface area contributed by atoms with Gasteiger partial charge >= 0.3 is 0 Å². The molecule has 0 radical (unpaired) electrons. The summed E-state index contributed by atoms with van der Waals surface area (Å²) in [5.41, 5.74) is 6.54. The first kappa shape index (κ1) is 15.2. The molecule has 106 valence electrons. The van der Waals surface area contributed by atoms with Crippen LogP contribution in [0.25, 0.3) is 0 Å². The van der Waals surface area contributed by atoms with Crippen LogP contribution in [0.3, 0.4) is 0 Å². The van der Waals surface area contributed by atoms with Crippen LogP contribution in [-0.2, 0) is 4.74 Å². The van der Waals surface area contributed by atoms with E-state index in [1.807, 2.05) is 0 Å². The fourth-order valence-electron chi connectivity index (χ4n) is 2.38. The van der Waals surface area contributed by atoms with Gasteiger partial charge in [0, 0.05) is 22.7 Å². The summed E-state index contributed by atoms with van der Waals surface area (Å²) in [5.74, 6) is -0.423. The Labute approximate surface area is 126 Å². The Balaban J connectivity index is 1.95. The fraction of sp³-hybridized carbons (Fsp3) is 0.571. The molecule has 5 heteroatoms. The van der Waals surface area contributed by atoms with Gasteiger partial charge in [0.2, 0.25) is 0 Å². The Hall–Kier alpha value is -0.160. The highest BCUT2D eigenvalue weighted by Gasteiger charge is 2.19. The molecule has 2 nitrogen and oxygen atoms in total. The standard InChI is InChI=1S/C14H18BrClFNO/c15-11-6-5-10(14(17)13(11)16)12(18)7-4-9-3-1-2-8-19-9/h5-6,9,12H,1-4,7-8,18H2. The predicted octanol–water partition coefficient (Wildman–Crippen LogP) is 4.59. The summed E-state index contributed by atoms with van der Waals surface area (Å²) in [6.07, 6.45) is 5.27. The average molecular weight is 351 g/mol. The molecule has 0 saturated carbocycles. The zero-order valence-corrected chi connectivity index (χ0v) is 13.0. The second-order valence-corrected chi connectivity index (χ2v) is 6.17. The third-order valence-corrected chi connectivity index (χ3v) is 4.80. The minimum absolute atomic E-state index is 0.0990. The van der Waals surface area contributed by atoms with E-state index in [0.29, 0.717) is 16.5 Å². The summed E-state index contributed by atoms with van der Waals surface area (Å²) < 4.78 is 20.2. The monoisotopic (exact) mass is 349 g/mol. The first-order valence-electron chi connectivity index (χ1n) is 6.60. The molecule has 0 amide bonds. The van der Waals surface area contributed by atoms with Crippen molar-refractivity contribution in [3.8, 4) is 0 Å². The van der Waals surface area contributed by atoms with E-state index in [-0.39, 0.29) is 17.2 Å². The molecule has 2 atom stereocenters. The van der Waals surface area contributed by atoms with Crippen molar-refractivity contribution in [1.82, 2.24) is 0 Å². The molecule has 2 unspecified atom stereocenters. The third-order valence-electron chi connectivity index (χ3n) is 3.54. The first-order valence-corrected chi connectivity index (χ1v) is 7.77. The molecule has 1 aliphatic rings. The number of ether oxygens (including phenoxy) is 1. The highest BCUT2D eigenvalue weighted by atomic mass is 79.9. The number of hydrogen-bond acceptors (Lipinski definition) is 2. The van der Waals surface area contributed by atoms with Crippen LogP contribution in [0, 0.1) is 5.82 Å². The molecule has 1 aromatic carbocycles. The zero-order valence-electron chi connectivity index (χ0n) is 10.7. The van der Waals surface area contributed by atoms with Crippen LogP contribution in [0.1, 0.15) is 43.7 Å². The highest BCUT2D eigenvalue weighted by Crippen LogP contribution is 2.31. The lowest BCUT2D eigenvalue weighted by Crippen LogP contribution is -2.21. The first-order chi connectivity index (χ1) is 9.09. The van der Waals surface area contributed by atoms with E-state index in [9.17, 15) is 4.39 Å². The van der Waals surface area contributed by atoms with Gasteiger partial charge in [-0.25, -0.2) is 4.39 Å². The number of nitrogens with two attached hydrogens (primary N) is 1. The van der Waals surface area contributed by atoms with Gasteiger partial charge in [-0.3, -0.25) is 0 Å². The van der Waals surface area contributed by atoms with Crippen LogP contribution in [0.4, 0.5) is 4.39 Å². The van der Waals surface area contributed by atoms with E-state index in [4.69, 9.17) is 22.1 Å². The lowest BCUT2D eigenvalue weighted by Gasteiger charge is -2.24. The number of hydrogen-bond donors (Lipinski definition) is 1. The minimum Gasteiger partial charge on any atom is -0.378 e. The van der Waals surface area contributed by atoms with Crippen molar-refractivity contribution >= 4 is 27.5 Å². The van der Waals surface area contributed by atoms with Gasteiger partial charge in [-0.15, -0.1) is 0 Å². The quantitative estimate of drug-likeness (QED) is 0.806. The van der Waals surface area contributed by atoms with Crippen molar-refractivity contribution in [3.05, 3.63) is 33.0 Å². The second kappa shape index (κ2) is 7.02. The number of rotatable bonds is 4. The van der Waals surface area contributed by atoms with E-state index in [1.165, 1.54) is 6.42 Å². The summed E-state index contributed by atoms with van der Waals surface area (Å²) in [6.45, 7) is 0.832. The summed E-state index contributed by atoms with van der Waals surface area (Å²) >= 11 is 9.07. The van der Waals surface area contributed by atoms with Crippen molar-refractivity contribution in [2.75, 3.05) is 6.61 Å². The predicted molar refractivity (Wildman–Crippen MR) is 78.9 cm³/mol.